The molecule has 0 unspecified atom stereocenters. The van der Waals surface area contributed by atoms with Crippen LogP contribution in [0.5, 0.6) is 5.88 Å². The maximum atomic E-state index is 12.1. The van der Waals surface area contributed by atoms with Crippen molar-refractivity contribution in [2.75, 3.05) is 20.2 Å². The van der Waals surface area contributed by atoms with E-state index >= 15 is 0 Å². The summed E-state index contributed by atoms with van der Waals surface area (Å²) in [6, 6.07) is 18.6. The summed E-state index contributed by atoms with van der Waals surface area (Å²) in [6.45, 7) is 1.86. The molecule has 3 aliphatic rings. The van der Waals surface area contributed by atoms with Crippen molar-refractivity contribution in [3.8, 4) is 28.3 Å². The number of likely N-dealkylation sites (tertiary alicyclic amines) is 1. The number of fused-ring (bicyclic) bond motifs is 2. The molecular weight excluding hydrogens is 730 g/mol. The summed E-state index contributed by atoms with van der Waals surface area (Å²) in [7, 11) is 4.73. The Morgan fingerprint density at radius 2 is 1.78 bits per heavy atom. The topological polar surface area (TPSA) is 111 Å². The summed E-state index contributed by atoms with van der Waals surface area (Å²) in [5, 5.41) is 4.78. The average molecular weight is 767 g/mol. The maximum absolute atomic E-state index is 12.1. The first-order valence-electron chi connectivity index (χ1n) is 16.6. The fraction of sp³-hybridized carbons (Fsp3) is 0.342. The summed E-state index contributed by atoms with van der Waals surface area (Å²) in [4.78, 5) is 46.4. The van der Waals surface area contributed by atoms with Crippen LogP contribution in [0, 0.1) is 12.3 Å². The number of nitrogens with zero attached hydrogens (tertiary/aromatic N) is 5. The number of rotatable bonds is 4. The minimum absolute atomic E-state index is 0. The number of aromatic nitrogens is 4. The van der Waals surface area contributed by atoms with Crippen LogP contribution in [0.2, 0.25) is 10.0 Å². The number of carbonyl (C=O) groups is 1. The first-order chi connectivity index (χ1) is 24.1. The fourth-order valence-electron chi connectivity index (χ4n) is 7.66. The second-order valence-corrected chi connectivity index (χ2v) is 13.9. The third-order valence-corrected chi connectivity index (χ3v) is 10.9. The quantitative estimate of drug-likeness (QED) is 0.185. The van der Waals surface area contributed by atoms with Gasteiger partial charge in [0.15, 0.2) is 5.56 Å². The van der Waals surface area contributed by atoms with E-state index in [1.54, 1.807) is 26.3 Å². The van der Waals surface area contributed by atoms with Crippen LogP contribution in [-0.2, 0) is 42.4 Å². The molecule has 263 valence electrons. The van der Waals surface area contributed by atoms with E-state index in [4.69, 9.17) is 32.9 Å². The zero-order valence-electron chi connectivity index (χ0n) is 28.4. The smallest absolute Gasteiger partial charge is 0.481 e. The SMILES string of the molecule is COc1nc(-c2cccc(-c3ccc[c-]c3Cl)c2Cl)cc2c1[C@H](N1CC[C@]3(CCCC(=O)N3)C1)CC2.Cn1c(=O)c2[c-]nccc2n(C)c1=O.[Mn+2]. The van der Waals surface area contributed by atoms with Crippen molar-refractivity contribution in [2.24, 2.45) is 14.1 Å². The Balaban J connectivity index is 0.000000251. The number of hydrogen-bond donors (Lipinski definition) is 1. The average Bonchev–Trinajstić information content (AvgIpc) is 3.74. The number of piperidine rings is 1. The van der Waals surface area contributed by atoms with Crippen molar-refractivity contribution >= 4 is 40.0 Å². The zero-order chi connectivity index (χ0) is 35.2. The molecule has 13 heteroatoms. The monoisotopic (exact) mass is 765 g/mol. The van der Waals surface area contributed by atoms with Crippen molar-refractivity contribution in [2.45, 2.75) is 50.1 Å². The molecule has 0 saturated carbocycles. The van der Waals surface area contributed by atoms with Crippen LogP contribution in [-0.4, -0.2) is 55.6 Å². The van der Waals surface area contributed by atoms with E-state index in [9.17, 15) is 14.4 Å². The molecule has 5 heterocycles. The number of benzene rings is 2. The van der Waals surface area contributed by atoms with E-state index < -0.39 is 0 Å². The van der Waals surface area contributed by atoms with Gasteiger partial charge in [-0.1, -0.05) is 46.6 Å². The van der Waals surface area contributed by atoms with Crippen LogP contribution < -0.4 is 21.3 Å². The maximum Gasteiger partial charge on any atom is 2.00 e. The number of halogens is 2. The Hall–Kier alpha value is -3.99. The number of pyridine rings is 2. The van der Waals surface area contributed by atoms with Gasteiger partial charge in [-0.25, -0.2) is 9.78 Å². The first-order valence-corrected chi connectivity index (χ1v) is 17.4. The summed E-state index contributed by atoms with van der Waals surface area (Å²) in [5.74, 6) is 0.846. The molecule has 1 amide bonds. The van der Waals surface area contributed by atoms with Gasteiger partial charge >= 0.3 is 22.8 Å². The van der Waals surface area contributed by atoms with Gasteiger partial charge in [0.2, 0.25) is 11.8 Å². The number of hydrogen-bond acceptors (Lipinski definition) is 7. The number of ether oxygens (including phenoxy) is 1. The van der Waals surface area contributed by atoms with Crippen LogP contribution in [0.25, 0.3) is 33.3 Å². The Kier molecular flexibility index (Phi) is 10.8. The first kappa shape index (κ1) is 36.8. The number of aryl methyl sites for hydroxylation is 2. The molecule has 51 heavy (non-hydrogen) atoms. The number of nitrogens with one attached hydrogen (secondary N) is 1. The molecule has 8 rings (SSSR count). The normalized spacial score (nSPS) is 19.6. The molecule has 2 saturated heterocycles. The van der Waals surface area contributed by atoms with Gasteiger partial charge in [-0.15, -0.1) is 23.2 Å². The van der Waals surface area contributed by atoms with Crippen molar-refractivity contribution in [1.29, 1.82) is 0 Å². The summed E-state index contributed by atoms with van der Waals surface area (Å²) in [6.07, 6.45) is 9.74. The molecule has 2 aliphatic heterocycles. The summed E-state index contributed by atoms with van der Waals surface area (Å²) in [5.41, 5.74) is 5.53. The van der Waals surface area contributed by atoms with Crippen molar-refractivity contribution in [1.82, 2.24) is 29.3 Å². The van der Waals surface area contributed by atoms with Gasteiger partial charge in [-0.05, 0) is 60.8 Å². The van der Waals surface area contributed by atoms with Gasteiger partial charge < -0.3 is 29.0 Å². The number of carbonyl (C=O) groups excluding carboxylic acids is 1. The van der Waals surface area contributed by atoms with Gasteiger partial charge in [-0.2, -0.15) is 24.3 Å². The molecule has 2 atom stereocenters. The predicted molar refractivity (Wildman–Crippen MR) is 194 cm³/mol. The molecule has 5 aromatic rings. The van der Waals surface area contributed by atoms with E-state index in [2.05, 4.69) is 33.5 Å². The van der Waals surface area contributed by atoms with Crippen LogP contribution in [0.15, 0.2) is 64.3 Å². The minimum atomic E-state index is -0.365. The second-order valence-electron chi connectivity index (χ2n) is 13.1. The van der Waals surface area contributed by atoms with Crippen LogP contribution in [0.1, 0.15) is 49.3 Å². The van der Waals surface area contributed by atoms with E-state index in [1.165, 1.54) is 28.9 Å². The second kappa shape index (κ2) is 14.9. The van der Waals surface area contributed by atoms with Gasteiger partial charge in [0.1, 0.15) is 0 Å². The van der Waals surface area contributed by atoms with E-state index in [1.807, 2.05) is 30.3 Å². The molecule has 1 spiro atoms. The molecule has 0 bridgehead atoms. The van der Waals surface area contributed by atoms with Gasteiger partial charge in [0.05, 0.1) is 18.3 Å². The van der Waals surface area contributed by atoms with Crippen LogP contribution in [0.3, 0.4) is 0 Å². The van der Waals surface area contributed by atoms with Crippen LogP contribution >= 0.6 is 23.2 Å². The molecule has 3 aromatic heterocycles. The molecule has 1 N–H and O–H groups in total. The predicted octanol–water partition coefficient (Wildman–Crippen LogP) is 5.69. The number of amides is 1. The van der Waals surface area contributed by atoms with Gasteiger partial charge in [-0.3, -0.25) is 9.69 Å². The van der Waals surface area contributed by atoms with E-state index in [0.717, 1.165) is 72.1 Å². The Bertz CT molecular complexity index is 2260. The third-order valence-electron chi connectivity index (χ3n) is 10.2. The van der Waals surface area contributed by atoms with Crippen molar-refractivity contribution in [3.63, 3.8) is 0 Å². The Morgan fingerprint density at radius 1 is 1.00 bits per heavy atom. The van der Waals surface area contributed by atoms with Crippen molar-refractivity contribution < 1.29 is 26.6 Å². The van der Waals surface area contributed by atoms with Gasteiger partial charge in [0, 0.05) is 55.8 Å². The summed E-state index contributed by atoms with van der Waals surface area (Å²) < 4.78 is 8.30. The van der Waals surface area contributed by atoms with E-state index in [-0.39, 0.29) is 45.8 Å². The molecule has 2 fully saturated rings. The number of methoxy groups -OCH3 is 1. The standard InChI is InChI=1S/C29H28Cl2N3O2.C9H8N3O2.Mn/c1-36-28-26-18(11-12-24(26)34-15-14-29(17-34)13-5-10-25(35)33-29)16-23(32-28)21-8-4-7-20(27(21)31)19-6-2-3-9-22(19)30;1-11-7-3-4-10-5-6(7)8(13)12(2)9(11)14;/h2-4,6-8,16,24H,5,10-15,17H2,1H3,(H,33,35);3-4H,1-2H3;/q2*-1;+2/t24-,29-;;/m1../s1. The Morgan fingerprint density at radius 3 is 2.55 bits per heavy atom. The fourth-order valence-corrected chi connectivity index (χ4v) is 8.21. The molecule has 10 nitrogen and oxygen atoms in total. The van der Waals surface area contributed by atoms with Crippen LogP contribution in [0.4, 0.5) is 0 Å². The molecule has 1 radical (unpaired) electrons. The zero-order valence-corrected chi connectivity index (χ0v) is 31.1. The molecule has 1 aliphatic carbocycles. The third kappa shape index (κ3) is 6.86. The Labute approximate surface area is 316 Å². The van der Waals surface area contributed by atoms with E-state index in [0.29, 0.717) is 33.2 Å². The van der Waals surface area contributed by atoms with Crippen molar-refractivity contribution in [3.05, 3.63) is 109 Å². The molecular formula is C38H36Cl2MnN6O4. The largest absolute Gasteiger partial charge is 2.00 e. The minimum Gasteiger partial charge on any atom is -0.481 e. The molecule has 2 aromatic carbocycles. The van der Waals surface area contributed by atoms with Gasteiger partial charge in [0.25, 0.3) is 0 Å². The summed E-state index contributed by atoms with van der Waals surface area (Å²) >= 11 is 13.3.